The number of unbranched alkanes of at least 4 members (excludes halogenated alkanes) is 1. The van der Waals surface area contributed by atoms with Gasteiger partial charge < -0.3 is 10.1 Å². The van der Waals surface area contributed by atoms with Crippen LogP contribution in [0.4, 0.5) is 0 Å². The van der Waals surface area contributed by atoms with Gasteiger partial charge in [-0.2, -0.15) is 0 Å². The SMILES string of the molecule is CCCCOC(=O)C(C)NC(=O)[C@@H]1C[C@H](C)CC[C@H]1C(C)C. The van der Waals surface area contributed by atoms with Gasteiger partial charge in [0.1, 0.15) is 6.04 Å². The van der Waals surface area contributed by atoms with Crippen LogP contribution in [0.25, 0.3) is 0 Å². The third-order valence-corrected chi connectivity index (χ3v) is 4.81. The number of carbonyl (C=O) groups excluding carboxylic acids is 2. The monoisotopic (exact) mass is 311 g/mol. The maximum Gasteiger partial charge on any atom is 0.328 e. The van der Waals surface area contributed by atoms with Gasteiger partial charge in [-0.05, 0) is 43.9 Å². The summed E-state index contributed by atoms with van der Waals surface area (Å²) in [6.07, 6.45) is 5.08. The van der Waals surface area contributed by atoms with Gasteiger partial charge in [-0.15, -0.1) is 0 Å². The van der Waals surface area contributed by atoms with Crippen LogP contribution in [0.15, 0.2) is 0 Å². The minimum atomic E-state index is -0.561. The van der Waals surface area contributed by atoms with Crippen LogP contribution < -0.4 is 5.32 Å². The summed E-state index contributed by atoms with van der Waals surface area (Å²) in [5.41, 5.74) is 0. The van der Waals surface area contributed by atoms with Crippen LogP contribution in [0.3, 0.4) is 0 Å². The molecule has 1 saturated carbocycles. The first-order valence-electron chi connectivity index (χ1n) is 8.83. The van der Waals surface area contributed by atoms with Gasteiger partial charge in [0, 0.05) is 5.92 Å². The van der Waals surface area contributed by atoms with Crippen molar-refractivity contribution in [1.82, 2.24) is 5.32 Å². The zero-order chi connectivity index (χ0) is 16.7. The lowest BCUT2D eigenvalue weighted by atomic mass is 9.69. The third kappa shape index (κ3) is 5.62. The summed E-state index contributed by atoms with van der Waals surface area (Å²) >= 11 is 0. The largest absolute Gasteiger partial charge is 0.464 e. The molecule has 0 heterocycles. The molecular formula is C18H33NO3. The van der Waals surface area contributed by atoms with Crippen molar-refractivity contribution in [1.29, 1.82) is 0 Å². The summed E-state index contributed by atoms with van der Waals surface area (Å²) in [7, 11) is 0. The standard InChI is InChI=1S/C18H33NO3/c1-6-7-10-22-18(21)14(5)19-17(20)16-11-13(4)8-9-15(16)12(2)3/h12-16H,6-11H2,1-5H3,(H,19,20)/t13-,14?,15+,16-/m1/s1. The number of ether oxygens (including phenoxy) is 1. The van der Waals surface area contributed by atoms with Crippen molar-refractivity contribution < 1.29 is 14.3 Å². The molecule has 0 aromatic rings. The van der Waals surface area contributed by atoms with Crippen molar-refractivity contribution in [2.75, 3.05) is 6.61 Å². The summed E-state index contributed by atoms with van der Waals surface area (Å²) in [6.45, 7) is 10.8. The van der Waals surface area contributed by atoms with Crippen LogP contribution in [0, 0.1) is 23.7 Å². The van der Waals surface area contributed by atoms with E-state index in [-0.39, 0.29) is 17.8 Å². The molecule has 22 heavy (non-hydrogen) atoms. The van der Waals surface area contributed by atoms with Crippen molar-refractivity contribution in [3.63, 3.8) is 0 Å². The lowest BCUT2D eigenvalue weighted by molar-refractivity contribution is -0.148. The molecule has 0 aliphatic heterocycles. The number of esters is 1. The summed E-state index contributed by atoms with van der Waals surface area (Å²) in [5, 5.41) is 2.87. The highest BCUT2D eigenvalue weighted by Crippen LogP contribution is 2.38. The average Bonchev–Trinajstić information content (AvgIpc) is 2.46. The van der Waals surface area contributed by atoms with Crippen LogP contribution in [0.5, 0.6) is 0 Å². The number of nitrogens with one attached hydrogen (secondary N) is 1. The van der Waals surface area contributed by atoms with E-state index >= 15 is 0 Å². The van der Waals surface area contributed by atoms with Gasteiger partial charge >= 0.3 is 5.97 Å². The summed E-state index contributed by atoms with van der Waals surface area (Å²) in [5.74, 6) is 1.21. The maximum absolute atomic E-state index is 12.6. The Kier molecular flexibility index (Phi) is 7.91. The Labute approximate surface area is 135 Å². The van der Waals surface area contributed by atoms with Crippen LogP contribution >= 0.6 is 0 Å². The van der Waals surface area contributed by atoms with E-state index in [1.54, 1.807) is 6.92 Å². The molecule has 1 N–H and O–H groups in total. The van der Waals surface area contributed by atoms with Crippen molar-refractivity contribution in [2.45, 2.75) is 72.8 Å². The summed E-state index contributed by atoms with van der Waals surface area (Å²) in [4.78, 5) is 24.5. The predicted octanol–water partition coefficient (Wildman–Crippen LogP) is 3.54. The minimum Gasteiger partial charge on any atom is -0.464 e. The van der Waals surface area contributed by atoms with Gasteiger partial charge in [-0.3, -0.25) is 4.79 Å². The number of hydrogen-bond acceptors (Lipinski definition) is 3. The molecule has 4 atom stereocenters. The molecule has 128 valence electrons. The number of hydrogen-bond donors (Lipinski definition) is 1. The van der Waals surface area contributed by atoms with E-state index in [1.807, 2.05) is 0 Å². The van der Waals surface area contributed by atoms with Gasteiger partial charge in [0.25, 0.3) is 0 Å². The van der Waals surface area contributed by atoms with Crippen LogP contribution in [-0.4, -0.2) is 24.5 Å². The molecule has 4 heteroatoms. The second kappa shape index (κ2) is 9.16. The highest BCUT2D eigenvalue weighted by molar-refractivity contribution is 5.85. The number of rotatable bonds is 7. The van der Waals surface area contributed by atoms with E-state index in [0.717, 1.165) is 25.7 Å². The summed E-state index contributed by atoms with van der Waals surface area (Å²) < 4.78 is 5.17. The molecule has 0 spiro atoms. The molecule has 0 bridgehead atoms. The zero-order valence-corrected chi connectivity index (χ0v) is 14.9. The van der Waals surface area contributed by atoms with Gasteiger partial charge in [0.2, 0.25) is 5.91 Å². The topological polar surface area (TPSA) is 55.4 Å². The fourth-order valence-electron chi connectivity index (χ4n) is 3.33. The molecule has 4 nitrogen and oxygen atoms in total. The second-order valence-corrected chi connectivity index (χ2v) is 7.18. The van der Waals surface area contributed by atoms with Gasteiger partial charge in [-0.1, -0.05) is 40.5 Å². The highest BCUT2D eigenvalue weighted by Gasteiger charge is 2.36. The Morgan fingerprint density at radius 3 is 2.50 bits per heavy atom. The molecule has 1 rings (SSSR count). The van der Waals surface area contributed by atoms with E-state index in [4.69, 9.17) is 4.74 Å². The Morgan fingerprint density at radius 2 is 1.91 bits per heavy atom. The third-order valence-electron chi connectivity index (χ3n) is 4.81. The van der Waals surface area contributed by atoms with Crippen molar-refractivity contribution >= 4 is 11.9 Å². The molecule has 0 saturated heterocycles. The molecule has 0 aromatic heterocycles. The molecule has 1 fully saturated rings. The normalized spacial score (nSPS) is 26.5. The van der Waals surface area contributed by atoms with E-state index in [2.05, 4.69) is 33.0 Å². The highest BCUT2D eigenvalue weighted by atomic mass is 16.5. The molecule has 0 radical (unpaired) electrons. The quantitative estimate of drug-likeness (QED) is 0.578. The van der Waals surface area contributed by atoms with E-state index in [1.165, 1.54) is 6.42 Å². The van der Waals surface area contributed by atoms with Crippen molar-refractivity contribution in [3.8, 4) is 0 Å². The number of amides is 1. The van der Waals surface area contributed by atoms with Crippen molar-refractivity contribution in [3.05, 3.63) is 0 Å². The molecular weight excluding hydrogens is 278 g/mol. The van der Waals surface area contributed by atoms with Crippen LogP contribution in [0.2, 0.25) is 0 Å². The maximum atomic E-state index is 12.6. The lowest BCUT2D eigenvalue weighted by Gasteiger charge is -2.36. The predicted molar refractivity (Wildman–Crippen MR) is 88.3 cm³/mol. The molecule has 1 amide bonds. The van der Waals surface area contributed by atoms with Crippen molar-refractivity contribution in [2.24, 2.45) is 23.7 Å². The van der Waals surface area contributed by atoms with Crippen LogP contribution in [0.1, 0.15) is 66.7 Å². The molecule has 0 aromatic carbocycles. The van der Waals surface area contributed by atoms with E-state index < -0.39 is 6.04 Å². The van der Waals surface area contributed by atoms with E-state index in [0.29, 0.717) is 24.4 Å². The Bertz CT molecular complexity index is 367. The minimum absolute atomic E-state index is 0.0187. The zero-order valence-electron chi connectivity index (χ0n) is 14.9. The Hall–Kier alpha value is -1.06. The number of carbonyl (C=O) groups is 2. The fourth-order valence-corrected chi connectivity index (χ4v) is 3.33. The fraction of sp³-hybridized carbons (Fsp3) is 0.889. The van der Waals surface area contributed by atoms with Gasteiger partial charge in [0.05, 0.1) is 6.61 Å². The van der Waals surface area contributed by atoms with Crippen LogP contribution in [-0.2, 0) is 14.3 Å². The first-order chi connectivity index (χ1) is 10.4. The van der Waals surface area contributed by atoms with Gasteiger partial charge in [-0.25, -0.2) is 4.79 Å². The average molecular weight is 311 g/mol. The van der Waals surface area contributed by atoms with E-state index in [9.17, 15) is 9.59 Å². The molecule has 1 aliphatic rings. The lowest BCUT2D eigenvalue weighted by Crippen LogP contribution is -2.46. The Balaban J connectivity index is 2.55. The first kappa shape index (κ1) is 19.0. The second-order valence-electron chi connectivity index (χ2n) is 7.18. The summed E-state index contributed by atoms with van der Waals surface area (Å²) in [6, 6.07) is -0.561. The Morgan fingerprint density at radius 1 is 1.23 bits per heavy atom. The molecule has 1 unspecified atom stereocenters. The van der Waals surface area contributed by atoms with Gasteiger partial charge in [0.15, 0.2) is 0 Å². The first-order valence-corrected chi connectivity index (χ1v) is 8.83. The molecule has 1 aliphatic carbocycles. The smallest absolute Gasteiger partial charge is 0.328 e.